The molecule has 92 valence electrons. The number of carbonyl (C=O) groups is 1. The summed E-state index contributed by atoms with van der Waals surface area (Å²) < 4.78 is 6.85. The smallest absolute Gasteiger partial charge is 0.170 e. The van der Waals surface area contributed by atoms with Gasteiger partial charge in [-0.05, 0) is 30.0 Å². The van der Waals surface area contributed by atoms with Crippen molar-refractivity contribution >= 4 is 21.7 Å². The van der Waals surface area contributed by atoms with E-state index in [4.69, 9.17) is 4.74 Å². The molecule has 0 saturated carbocycles. The lowest BCUT2D eigenvalue weighted by atomic mass is 9.86. The maximum atomic E-state index is 12.0. The molecule has 0 saturated heterocycles. The van der Waals surface area contributed by atoms with E-state index in [9.17, 15) is 4.79 Å². The van der Waals surface area contributed by atoms with Gasteiger partial charge in [0.05, 0.1) is 5.56 Å². The predicted octanol–water partition coefficient (Wildman–Crippen LogP) is 4.22. The second kappa shape index (κ2) is 4.45. The van der Waals surface area contributed by atoms with Gasteiger partial charge in [-0.3, -0.25) is 4.79 Å². The third kappa shape index (κ3) is 3.09. The molecule has 0 aromatic heterocycles. The molecule has 1 aromatic rings. The van der Waals surface area contributed by atoms with Gasteiger partial charge in [0.2, 0.25) is 0 Å². The summed E-state index contributed by atoms with van der Waals surface area (Å²) in [6.45, 7) is 6.49. The van der Waals surface area contributed by atoms with Crippen molar-refractivity contribution < 1.29 is 9.53 Å². The Kier molecular flexibility index (Phi) is 3.30. The lowest BCUT2D eigenvalue weighted by molar-refractivity contribution is 0.0776. The summed E-state index contributed by atoms with van der Waals surface area (Å²) in [5.74, 6) is 0.901. The van der Waals surface area contributed by atoms with Crippen LogP contribution in [0.2, 0.25) is 0 Å². The summed E-state index contributed by atoms with van der Waals surface area (Å²) in [5.41, 5.74) is 0.882. The Balaban J connectivity index is 2.23. The average Bonchev–Trinajstić information content (AvgIpc) is 2.13. The fourth-order valence-electron chi connectivity index (χ4n) is 2.16. The first kappa shape index (κ1) is 12.6. The first-order valence-electron chi connectivity index (χ1n) is 5.84. The molecule has 1 unspecified atom stereocenters. The Hall–Kier alpha value is -0.830. The molecule has 1 aliphatic heterocycles. The summed E-state index contributed by atoms with van der Waals surface area (Å²) >= 11 is 3.40. The van der Waals surface area contributed by atoms with Crippen molar-refractivity contribution in [3.63, 3.8) is 0 Å². The molecule has 0 radical (unpaired) electrons. The van der Waals surface area contributed by atoms with E-state index in [0.717, 1.165) is 10.9 Å². The zero-order valence-electron chi connectivity index (χ0n) is 10.4. The highest BCUT2D eigenvalue weighted by Crippen LogP contribution is 2.34. The zero-order chi connectivity index (χ0) is 12.6. The molecule has 1 atom stereocenters. The molecule has 0 fully saturated rings. The largest absolute Gasteiger partial charge is 0.489 e. The molecular weight excluding hydrogens is 280 g/mol. The van der Waals surface area contributed by atoms with Crippen molar-refractivity contribution in [2.45, 2.75) is 39.7 Å². The minimum atomic E-state index is 0.00398. The van der Waals surface area contributed by atoms with Crippen LogP contribution in [-0.4, -0.2) is 11.9 Å². The number of halogens is 1. The van der Waals surface area contributed by atoms with Crippen LogP contribution in [0.3, 0.4) is 0 Å². The van der Waals surface area contributed by atoms with E-state index in [1.165, 1.54) is 0 Å². The van der Waals surface area contributed by atoms with Crippen molar-refractivity contribution in [2.24, 2.45) is 5.41 Å². The van der Waals surface area contributed by atoms with E-state index < -0.39 is 0 Å². The quantitative estimate of drug-likeness (QED) is 0.776. The zero-order valence-corrected chi connectivity index (χ0v) is 12.0. The van der Waals surface area contributed by atoms with Gasteiger partial charge in [-0.25, -0.2) is 0 Å². The fourth-order valence-corrected chi connectivity index (χ4v) is 2.50. The van der Waals surface area contributed by atoms with Crippen LogP contribution in [0.5, 0.6) is 5.75 Å². The molecule has 3 heteroatoms. The molecule has 17 heavy (non-hydrogen) atoms. The molecule has 1 aromatic carbocycles. The number of benzene rings is 1. The van der Waals surface area contributed by atoms with Crippen molar-refractivity contribution in [3.8, 4) is 5.75 Å². The molecule has 1 heterocycles. The lowest BCUT2D eigenvalue weighted by Gasteiger charge is -2.30. The van der Waals surface area contributed by atoms with Crippen LogP contribution in [0.4, 0.5) is 0 Å². The predicted molar refractivity (Wildman–Crippen MR) is 71.6 cm³/mol. The molecule has 0 bridgehead atoms. The van der Waals surface area contributed by atoms with Crippen LogP contribution in [0.15, 0.2) is 22.7 Å². The van der Waals surface area contributed by atoms with Gasteiger partial charge in [0.15, 0.2) is 5.78 Å². The van der Waals surface area contributed by atoms with Crippen LogP contribution in [0, 0.1) is 5.41 Å². The van der Waals surface area contributed by atoms with Gasteiger partial charge in [0, 0.05) is 10.9 Å². The van der Waals surface area contributed by atoms with E-state index in [2.05, 4.69) is 36.7 Å². The molecule has 2 nitrogen and oxygen atoms in total. The van der Waals surface area contributed by atoms with E-state index in [0.29, 0.717) is 17.7 Å². The number of hydrogen-bond donors (Lipinski definition) is 0. The number of ketones is 1. The Morgan fingerprint density at radius 3 is 2.76 bits per heavy atom. The number of hydrogen-bond acceptors (Lipinski definition) is 2. The number of rotatable bonds is 1. The van der Waals surface area contributed by atoms with Gasteiger partial charge in [0.1, 0.15) is 11.9 Å². The Bertz CT molecular complexity index is 446. The van der Waals surface area contributed by atoms with Gasteiger partial charge in [-0.15, -0.1) is 0 Å². The molecule has 0 aliphatic carbocycles. The summed E-state index contributed by atoms with van der Waals surface area (Å²) in [4.78, 5) is 12.0. The lowest BCUT2D eigenvalue weighted by Crippen LogP contribution is -2.30. The number of carbonyl (C=O) groups excluding carboxylic acids is 1. The highest BCUT2D eigenvalue weighted by atomic mass is 79.9. The molecule has 2 rings (SSSR count). The Labute approximate surface area is 110 Å². The van der Waals surface area contributed by atoms with Gasteiger partial charge in [-0.2, -0.15) is 0 Å². The van der Waals surface area contributed by atoms with Crippen molar-refractivity contribution in [1.29, 1.82) is 0 Å². The second-order valence-corrected chi connectivity index (χ2v) is 6.69. The third-order valence-electron chi connectivity index (χ3n) is 2.79. The standard InChI is InChI=1S/C14H17BrO2/c1-14(2,3)8-10-7-12(16)11-5-4-9(15)6-13(11)17-10/h4-6,10H,7-8H2,1-3H3. The van der Waals surface area contributed by atoms with Crippen LogP contribution in [-0.2, 0) is 0 Å². The Morgan fingerprint density at radius 1 is 1.41 bits per heavy atom. The summed E-state index contributed by atoms with van der Waals surface area (Å²) in [6.07, 6.45) is 1.39. The topological polar surface area (TPSA) is 26.3 Å². The van der Waals surface area contributed by atoms with Gasteiger partial charge in [-0.1, -0.05) is 36.7 Å². The minimum absolute atomic E-state index is 0.00398. The van der Waals surface area contributed by atoms with Crippen LogP contribution in [0.1, 0.15) is 44.0 Å². The maximum Gasteiger partial charge on any atom is 0.170 e. The molecule has 0 amide bonds. The number of ether oxygens (including phenoxy) is 1. The number of Topliss-reactive ketones (excluding diaryl/α,β-unsaturated/α-hetero) is 1. The summed E-state index contributed by atoms with van der Waals surface area (Å²) in [7, 11) is 0. The summed E-state index contributed by atoms with van der Waals surface area (Å²) in [5, 5.41) is 0. The van der Waals surface area contributed by atoms with Crippen LogP contribution in [0.25, 0.3) is 0 Å². The summed E-state index contributed by atoms with van der Waals surface area (Å²) in [6, 6.07) is 5.58. The van der Waals surface area contributed by atoms with Crippen molar-refractivity contribution in [1.82, 2.24) is 0 Å². The molecule has 1 aliphatic rings. The van der Waals surface area contributed by atoms with E-state index in [1.54, 1.807) is 0 Å². The third-order valence-corrected chi connectivity index (χ3v) is 3.28. The molecular formula is C14H17BrO2. The highest BCUT2D eigenvalue weighted by molar-refractivity contribution is 9.10. The van der Waals surface area contributed by atoms with Gasteiger partial charge in [0.25, 0.3) is 0 Å². The molecule has 0 spiro atoms. The molecule has 0 N–H and O–H groups in total. The van der Waals surface area contributed by atoms with E-state index in [1.807, 2.05) is 18.2 Å². The van der Waals surface area contributed by atoms with E-state index >= 15 is 0 Å². The van der Waals surface area contributed by atoms with Crippen LogP contribution >= 0.6 is 15.9 Å². The Morgan fingerprint density at radius 2 is 2.12 bits per heavy atom. The SMILES string of the molecule is CC(C)(C)CC1CC(=O)c2ccc(Br)cc2O1. The monoisotopic (exact) mass is 296 g/mol. The van der Waals surface area contributed by atoms with Crippen LogP contribution < -0.4 is 4.74 Å². The van der Waals surface area contributed by atoms with Gasteiger partial charge >= 0.3 is 0 Å². The minimum Gasteiger partial charge on any atom is -0.489 e. The first-order chi connectivity index (χ1) is 7.85. The van der Waals surface area contributed by atoms with Crippen molar-refractivity contribution in [2.75, 3.05) is 0 Å². The van der Waals surface area contributed by atoms with E-state index in [-0.39, 0.29) is 17.3 Å². The fraction of sp³-hybridized carbons (Fsp3) is 0.500. The van der Waals surface area contributed by atoms with Gasteiger partial charge < -0.3 is 4.74 Å². The average molecular weight is 297 g/mol. The normalized spacial score (nSPS) is 19.8. The maximum absolute atomic E-state index is 12.0. The first-order valence-corrected chi connectivity index (χ1v) is 6.64. The second-order valence-electron chi connectivity index (χ2n) is 5.77. The van der Waals surface area contributed by atoms with Crippen molar-refractivity contribution in [3.05, 3.63) is 28.2 Å². The highest BCUT2D eigenvalue weighted by Gasteiger charge is 2.29. The number of fused-ring (bicyclic) bond motifs is 1.